The molecule has 0 aromatic rings. The average molecular weight is 249 g/mol. The molecule has 0 aliphatic carbocycles. The summed E-state index contributed by atoms with van der Waals surface area (Å²) in [5, 5.41) is 0. The third-order valence-electron chi connectivity index (χ3n) is 3.26. The zero-order valence-corrected chi connectivity index (χ0v) is 12.5. The van der Waals surface area contributed by atoms with Crippen molar-refractivity contribution in [3.05, 3.63) is 31.2 Å². The summed E-state index contributed by atoms with van der Waals surface area (Å²) in [6, 6.07) is 0. The molecule has 18 heavy (non-hydrogen) atoms. The lowest BCUT2D eigenvalue weighted by Gasteiger charge is -1.97. The molecule has 0 unspecified atom stereocenters. The standard InChI is InChI=1S/C18H33/c1-3-5-7-9-11-13-15-17-18-16-14-12-10-8-6-4-2/h4,6,15,17H,1,3,5,7-14,16,18H2,2H3. The Hall–Kier alpha value is -0.520. The summed E-state index contributed by atoms with van der Waals surface area (Å²) in [4.78, 5) is 0. The highest BCUT2D eigenvalue weighted by Gasteiger charge is 1.88. The summed E-state index contributed by atoms with van der Waals surface area (Å²) in [6.45, 7) is 5.97. The Labute approximate surface area is 116 Å². The average Bonchev–Trinajstić information content (AvgIpc) is 2.39. The smallest absolute Gasteiger partial charge is 0.0351 e. The van der Waals surface area contributed by atoms with E-state index in [1.54, 1.807) is 0 Å². The molecule has 0 aliphatic rings. The summed E-state index contributed by atoms with van der Waals surface area (Å²) < 4.78 is 0. The van der Waals surface area contributed by atoms with Crippen molar-refractivity contribution >= 4 is 0 Å². The van der Waals surface area contributed by atoms with E-state index in [0.29, 0.717) is 0 Å². The van der Waals surface area contributed by atoms with E-state index in [9.17, 15) is 0 Å². The van der Waals surface area contributed by atoms with Crippen LogP contribution in [-0.2, 0) is 0 Å². The molecule has 0 heterocycles. The van der Waals surface area contributed by atoms with Crippen molar-refractivity contribution in [3.8, 4) is 0 Å². The molecule has 0 heteroatoms. The molecule has 0 aliphatic heterocycles. The molecule has 0 aromatic carbocycles. The number of hydrogen-bond donors (Lipinski definition) is 0. The highest BCUT2D eigenvalue weighted by Crippen LogP contribution is 2.08. The predicted octanol–water partition coefficient (Wildman–Crippen LogP) is 6.63. The highest BCUT2D eigenvalue weighted by atomic mass is 13.9. The van der Waals surface area contributed by atoms with Gasteiger partial charge in [-0.2, -0.15) is 0 Å². The first kappa shape index (κ1) is 17.5. The molecule has 0 saturated carbocycles. The van der Waals surface area contributed by atoms with Crippen molar-refractivity contribution in [2.24, 2.45) is 0 Å². The summed E-state index contributed by atoms with van der Waals surface area (Å²) in [7, 11) is 0. The minimum Gasteiger partial charge on any atom is -0.0917 e. The van der Waals surface area contributed by atoms with Crippen LogP contribution in [0.25, 0.3) is 0 Å². The molecule has 0 nitrogen and oxygen atoms in total. The molecule has 0 fully saturated rings. The number of rotatable bonds is 13. The molecule has 0 spiro atoms. The van der Waals surface area contributed by atoms with Crippen molar-refractivity contribution in [2.75, 3.05) is 0 Å². The Kier molecular flexibility index (Phi) is 16.0. The summed E-state index contributed by atoms with van der Waals surface area (Å²) >= 11 is 0. The fraction of sp³-hybridized carbons (Fsp3) is 0.722. The first-order valence-electron chi connectivity index (χ1n) is 7.97. The second-order valence-corrected chi connectivity index (χ2v) is 5.09. The lowest BCUT2D eigenvalue weighted by Crippen LogP contribution is -1.78. The van der Waals surface area contributed by atoms with Gasteiger partial charge in [0.25, 0.3) is 0 Å². The number of hydrogen-bond acceptors (Lipinski definition) is 0. The Morgan fingerprint density at radius 3 is 1.50 bits per heavy atom. The van der Waals surface area contributed by atoms with Gasteiger partial charge in [0.15, 0.2) is 0 Å². The van der Waals surface area contributed by atoms with E-state index < -0.39 is 0 Å². The summed E-state index contributed by atoms with van der Waals surface area (Å²) in [6.07, 6.45) is 25.0. The van der Waals surface area contributed by atoms with Gasteiger partial charge in [-0.25, -0.2) is 0 Å². The number of allylic oxidation sites excluding steroid dienone is 4. The van der Waals surface area contributed by atoms with E-state index >= 15 is 0 Å². The van der Waals surface area contributed by atoms with Crippen molar-refractivity contribution < 1.29 is 0 Å². The van der Waals surface area contributed by atoms with Crippen LogP contribution in [0.2, 0.25) is 0 Å². The fourth-order valence-electron chi connectivity index (χ4n) is 2.07. The topological polar surface area (TPSA) is 0 Å². The van der Waals surface area contributed by atoms with Crippen molar-refractivity contribution in [1.29, 1.82) is 0 Å². The van der Waals surface area contributed by atoms with E-state index in [1.165, 1.54) is 70.6 Å². The molecule has 1 radical (unpaired) electrons. The van der Waals surface area contributed by atoms with Crippen LogP contribution in [0.4, 0.5) is 0 Å². The maximum atomic E-state index is 3.87. The third-order valence-corrected chi connectivity index (χ3v) is 3.26. The summed E-state index contributed by atoms with van der Waals surface area (Å²) in [5.74, 6) is 0. The molecular weight excluding hydrogens is 216 g/mol. The van der Waals surface area contributed by atoms with Gasteiger partial charge >= 0.3 is 0 Å². The van der Waals surface area contributed by atoms with Crippen LogP contribution >= 0.6 is 0 Å². The minimum atomic E-state index is 1.10. The van der Waals surface area contributed by atoms with Crippen molar-refractivity contribution in [2.45, 2.75) is 84.0 Å². The van der Waals surface area contributed by atoms with E-state index in [0.717, 1.165) is 6.42 Å². The lowest BCUT2D eigenvalue weighted by atomic mass is 10.1. The van der Waals surface area contributed by atoms with Crippen molar-refractivity contribution in [1.82, 2.24) is 0 Å². The van der Waals surface area contributed by atoms with Gasteiger partial charge in [-0.05, 0) is 45.4 Å². The van der Waals surface area contributed by atoms with Gasteiger partial charge < -0.3 is 0 Å². The molecule has 0 aromatic heterocycles. The Morgan fingerprint density at radius 1 is 0.611 bits per heavy atom. The van der Waals surface area contributed by atoms with Crippen LogP contribution in [0.1, 0.15) is 84.0 Å². The molecule has 0 saturated heterocycles. The van der Waals surface area contributed by atoms with Crippen LogP contribution in [0.5, 0.6) is 0 Å². The normalized spacial score (nSPS) is 11.9. The molecule has 0 amide bonds. The second kappa shape index (κ2) is 16.5. The van der Waals surface area contributed by atoms with Gasteiger partial charge in [0.05, 0.1) is 0 Å². The SMILES string of the molecule is [CH2]CCCCCCC=CCCCCCCC=CC. The van der Waals surface area contributed by atoms with E-state index in [4.69, 9.17) is 0 Å². The second-order valence-electron chi connectivity index (χ2n) is 5.09. The van der Waals surface area contributed by atoms with Gasteiger partial charge in [0, 0.05) is 0 Å². The first-order valence-corrected chi connectivity index (χ1v) is 7.97. The first-order chi connectivity index (χ1) is 8.91. The molecule has 0 bridgehead atoms. The van der Waals surface area contributed by atoms with E-state index in [1.807, 2.05) is 0 Å². The van der Waals surface area contributed by atoms with Gasteiger partial charge in [-0.3, -0.25) is 0 Å². The van der Waals surface area contributed by atoms with Gasteiger partial charge in [0.1, 0.15) is 0 Å². The van der Waals surface area contributed by atoms with Crippen LogP contribution in [0, 0.1) is 6.92 Å². The van der Waals surface area contributed by atoms with Gasteiger partial charge in [-0.1, -0.05) is 69.8 Å². The quantitative estimate of drug-likeness (QED) is 0.254. The zero-order valence-electron chi connectivity index (χ0n) is 12.5. The van der Waals surface area contributed by atoms with Crippen LogP contribution in [0.15, 0.2) is 24.3 Å². The Morgan fingerprint density at radius 2 is 1.06 bits per heavy atom. The minimum absolute atomic E-state index is 1.10. The zero-order chi connectivity index (χ0) is 13.3. The maximum absolute atomic E-state index is 3.87. The Bertz CT molecular complexity index is 188. The van der Waals surface area contributed by atoms with E-state index in [2.05, 4.69) is 38.2 Å². The Balaban J connectivity index is 3.04. The molecule has 0 N–H and O–H groups in total. The van der Waals surface area contributed by atoms with Gasteiger partial charge in [0.2, 0.25) is 0 Å². The van der Waals surface area contributed by atoms with Crippen LogP contribution < -0.4 is 0 Å². The monoisotopic (exact) mass is 249 g/mol. The molecular formula is C18H33. The highest BCUT2D eigenvalue weighted by molar-refractivity contribution is 4.81. The van der Waals surface area contributed by atoms with Crippen LogP contribution in [-0.4, -0.2) is 0 Å². The fourth-order valence-corrected chi connectivity index (χ4v) is 2.07. The number of unbranched alkanes of at least 4 members (excludes halogenated alkanes) is 10. The molecule has 105 valence electrons. The summed E-state index contributed by atoms with van der Waals surface area (Å²) in [5.41, 5.74) is 0. The third kappa shape index (κ3) is 15.5. The molecule has 0 atom stereocenters. The lowest BCUT2D eigenvalue weighted by molar-refractivity contribution is 0.644. The van der Waals surface area contributed by atoms with E-state index in [-0.39, 0.29) is 0 Å². The van der Waals surface area contributed by atoms with Gasteiger partial charge in [-0.15, -0.1) is 0 Å². The van der Waals surface area contributed by atoms with Crippen molar-refractivity contribution in [3.63, 3.8) is 0 Å². The maximum Gasteiger partial charge on any atom is -0.0351 e. The van der Waals surface area contributed by atoms with Crippen LogP contribution in [0.3, 0.4) is 0 Å². The molecule has 0 rings (SSSR count). The largest absolute Gasteiger partial charge is 0.0917 e. The predicted molar refractivity (Wildman–Crippen MR) is 84.7 cm³/mol.